The Hall–Kier alpha value is -1.79. The maximum absolute atomic E-state index is 12.1. The molecule has 0 aliphatic carbocycles. The summed E-state index contributed by atoms with van der Waals surface area (Å²) in [6.07, 6.45) is 0.355. The first-order chi connectivity index (χ1) is 10.8. The van der Waals surface area contributed by atoms with Crippen molar-refractivity contribution in [2.75, 3.05) is 46.0 Å². The number of amides is 1. The van der Waals surface area contributed by atoms with Gasteiger partial charge in [0.25, 0.3) is 5.91 Å². The van der Waals surface area contributed by atoms with Crippen LogP contribution in [0.25, 0.3) is 0 Å². The highest BCUT2D eigenvalue weighted by Crippen LogP contribution is 2.30. The number of carbonyl (C=O) groups is 1. The van der Waals surface area contributed by atoms with Crippen molar-refractivity contribution < 1.29 is 19.0 Å². The molecule has 22 heavy (non-hydrogen) atoms. The molecule has 1 amide bonds. The molecule has 1 aromatic rings. The van der Waals surface area contributed by atoms with Gasteiger partial charge in [-0.3, -0.25) is 9.69 Å². The highest BCUT2D eigenvalue weighted by Gasteiger charge is 2.26. The van der Waals surface area contributed by atoms with Crippen LogP contribution in [-0.4, -0.2) is 62.9 Å². The van der Waals surface area contributed by atoms with Crippen LogP contribution < -0.4 is 14.8 Å². The van der Waals surface area contributed by atoms with Crippen LogP contribution in [0.5, 0.6) is 11.5 Å². The fourth-order valence-corrected chi connectivity index (χ4v) is 2.60. The summed E-state index contributed by atoms with van der Waals surface area (Å²) in [5.74, 6) is 1.21. The molecule has 2 aliphatic rings. The van der Waals surface area contributed by atoms with Crippen molar-refractivity contribution in [3.8, 4) is 11.5 Å². The molecular formula is C16H22N2O4. The summed E-state index contributed by atoms with van der Waals surface area (Å²) in [6.45, 7) is 5.45. The fourth-order valence-electron chi connectivity index (χ4n) is 2.60. The molecule has 0 unspecified atom stereocenters. The predicted molar refractivity (Wildman–Crippen MR) is 81.2 cm³/mol. The zero-order chi connectivity index (χ0) is 15.2. The van der Waals surface area contributed by atoms with E-state index in [1.54, 1.807) is 0 Å². The molecule has 0 spiro atoms. The number of rotatable bonds is 5. The first-order valence-electron chi connectivity index (χ1n) is 7.79. The maximum Gasteiger partial charge on any atom is 0.264 e. The highest BCUT2D eigenvalue weighted by molar-refractivity contribution is 5.81. The second-order valence-electron chi connectivity index (χ2n) is 5.46. The van der Waals surface area contributed by atoms with Gasteiger partial charge in [-0.1, -0.05) is 12.1 Å². The van der Waals surface area contributed by atoms with E-state index in [-0.39, 0.29) is 12.5 Å². The number of hydrogen-bond donors (Lipinski definition) is 1. The Morgan fingerprint density at radius 1 is 1.23 bits per heavy atom. The van der Waals surface area contributed by atoms with Crippen LogP contribution in [0.3, 0.4) is 0 Å². The minimum atomic E-state index is -0.571. The molecule has 0 bridgehead atoms. The Bertz CT molecular complexity index is 503. The molecule has 1 saturated heterocycles. The van der Waals surface area contributed by atoms with Crippen molar-refractivity contribution in [3.05, 3.63) is 24.3 Å². The van der Waals surface area contributed by atoms with Crippen molar-refractivity contribution in [3.63, 3.8) is 0 Å². The Morgan fingerprint density at radius 3 is 2.82 bits per heavy atom. The summed E-state index contributed by atoms with van der Waals surface area (Å²) in [6, 6.07) is 7.40. The minimum absolute atomic E-state index is 0.114. The van der Waals surface area contributed by atoms with Crippen LogP contribution in [-0.2, 0) is 9.53 Å². The number of nitrogens with one attached hydrogen (secondary N) is 1. The van der Waals surface area contributed by atoms with E-state index in [4.69, 9.17) is 14.2 Å². The lowest BCUT2D eigenvalue weighted by molar-refractivity contribution is -0.130. The summed E-state index contributed by atoms with van der Waals surface area (Å²) < 4.78 is 16.5. The number of para-hydroxylation sites is 2. The summed E-state index contributed by atoms with van der Waals surface area (Å²) in [5.41, 5.74) is 0. The van der Waals surface area contributed by atoms with Crippen LogP contribution in [0, 0.1) is 0 Å². The number of carbonyl (C=O) groups excluding carboxylic acids is 1. The summed E-state index contributed by atoms with van der Waals surface area (Å²) in [4.78, 5) is 14.5. The molecule has 3 rings (SSSR count). The highest BCUT2D eigenvalue weighted by atomic mass is 16.6. The molecule has 1 fully saturated rings. The number of ether oxygens (including phenoxy) is 3. The van der Waals surface area contributed by atoms with Crippen molar-refractivity contribution in [2.45, 2.75) is 12.5 Å². The van der Waals surface area contributed by atoms with E-state index in [0.29, 0.717) is 18.0 Å². The number of fused-ring (bicyclic) bond motifs is 1. The molecule has 6 heteroatoms. The third-order valence-electron chi connectivity index (χ3n) is 3.86. The van der Waals surface area contributed by atoms with E-state index < -0.39 is 6.10 Å². The second-order valence-corrected chi connectivity index (χ2v) is 5.46. The molecule has 6 nitrogen and oxygen atoms in total. The molecule has 0 aromatic heterocycles. The van der Waals surface area contributed by atoms with Gasteiger partial charge >= 0.3 is 0 Å². The molecule has 120 valence electrons. The quantitative estimate of drug-likeness (QED) is 0.810. The summed E-state index contributed by atoms with van der Waals surface area (Å²) >= 11 is 0. The van der Waals surface area contributed by atoms with Gasteiger partial charge in [-0.05, 0) is 25.1 Å². The third kappa shape index (κ3) is 3.90. The van der Waals surface area contributed by atoms with Gasteiger partial charge in [-0.25, -0.2) is 0 Å². The molecular weight excluding hydrogens is 284 g/mol. The van der Waals surface area contributed by atoms with Gasteiger partial charge in [0.2, 0.25) is 6.10 Å². The van der Waals surface area contributed by atoms with Crippen LogP contribution >= 0.6 is 0 Å². The topological polar surface area (TPSA) is 60.0 Å². The van der Waals surface area contributed by atoms with E-state index in [2.05, 4.69) is 10.2 Å². The normalized spacial score (nSPS) is 21.4. The third-order valence-corrected chi connectivity index (χ3v) is 3.86. The second kappa shape index (κ2) is 7.47. The molecule has 0 radical (unpaired) electrons. The molecule has 1 atom stereocenters. The molecule has 0 saturated carbocycles. The first-order valence-corrected chi connectivity index (χ1v) is 7.79. The SMILES string of the molecule is O=C(NCCCN1CCOCC1)[C@@H]1COc2ccccc2O1. The molecule has 2 heterocycles. The van der Waals surface area contributed by atoms with Crippen LogP contribution in [0.15, 0.2) is 24.3 Å². The van der Waals surface area contributed by atoms with E-state index in [9.17, 15) is 4.79 Å². The van der Waals surface area contributed by atoms with Crippen LogP contribution in [0.4, 0.5) is 0 Å². The number of hydrogen-bond acceptors (Lipinski definition) is 5. The van der Waals surface area contributed by atoms with Crippen LogP contribution in [0.2, 0.25) is 0 Å². The smallest absolute Gasteiger partial charge is 0.264 e. The molecule has 2 aliphatic heterocycles. The number of benzene rings is 1. The Balaban J connectivity index is 1.37. The lowest BCUT2D eigenvalue weighted by Gasteiger charge is -2.27. The predicted octanol–water partition coefficient (Wildman–Crippen LogP) is 0.665. The van der Waals surface area contributed by atoms with E-state index in [1.165, 1.54) is 0 Å². The summed E-state index contributed by atoms with van der Waals surface area (Å²) in [7, 11) is 0. The van der Waals surface area contributed by atoms with Gasteiger partial charge < -0.3 is 19.5 Å². The van der Waals surface area contributed by atoms with Crippen molar-refractivity contribution in [1.29, 1.82) is 0 Å². The lowest BCUT2D eigenvalue weighted by atomic mass is 10.2. The van der Waals surface area contributed by atoms with Gasteiger partial charge in [0.15, 0.2) is 11.5 Å². The number of morpholine rings is 1. The Morgan fingerprint density at radius 2 is 2.00 bits per heavy atom. The van der Waals surface area contributed by atoms with E-state index >= 15 is 0 Å². The zero-order valence-electron chi connectivity index (χ0n) is 12.6. The fraction of sp³-hybridized carbons (Fsp3) is 0.562. The van der Waals surface area contributed by atoms with Crippen LogP contribution in [0.1, 0.15) is 6.42 Å². The average molecular weight is 306 g/mol. The van der Waals surface area contributed by atoms with E-state index in [0.717, 1.165) is 39.3 Å². The molecule has 1 aromatic carbocycles. The van der Waals surface area contributed by atoms with Crippen molar-refractivity contribution >= 4 is 5.91 Å². The van der Waals surface area contributed by atoms with Gasteiger partial charge in [0.1, 0.15) is 6.61 Å². The standard InChI is InChI=1S/C16H22N2O4/c19-16(17-6-3-7-18-8-10-20-11-9-18)15-12-21-13-4-1-2-5-14(13)22-15/h1-2,4-5,15H,3,6-12H2,(H,17,19)/t15-/m0/s1. The minimum Gasteiger partial charge on any atom is -0.485 e. The van der Waals surface area contributed by atoms with Gasteiger partial charge in [0, 0.05) is 19.6 Å². The average Bonchev–Trinajstić information content (AvgIpc) is 2.59. The first kappa shape index (κ1) is 15.1. The van der Waals surface area contributed by atoms with Crippen molar-refractivity contribution in [1.82, 2.24) is 10.2 Å². The molecule has 1 N–H and O–H groups in total. The van der Waals surface area contributed by atoms with Gasteiger partial charge in [0.05, 0.1) is 13.2 Å². The monoisotopic (exact) mass is 306 g/mol. The Kier molecular flexibility index (Phi) is 5.13. The van der Waals surface area contributed by atoms with Crippen molar-refractivity contribution in [2.24, 2.45) is 0 Å². The lowest BCUT2D eigenvalue weighted by Crippen LogP contribution is -2.45. The van der Waals surface area contributed by atoms with Gasteiger partial charge in [-0.15, -0.1) is 0 Å². The van der Waals surface area contributed by atoms with E-state index in [1.807, 2.05) is 24.3 Å². The summed E-state index contributed by atoms with van der Waals surface area (Å²) in [5, 5.41) is 2.92. The zero-order valence-corrected chi connectivity index (χ0v) is 12.6. The van der Waals surface area contributed by atoms with Gasteiger partial charge in [-0.2, -0.15) is 0 Å². The number of nitrogens with zero attached hydrogens (tertiary/aromatic N) is 1. The Labute approximate surface area is 130 Å². The maximum atomic E-state index is 12.1. The largest absolute Gasteiger partial charge is 0.485 e.